The molecule has 5 nitrogen and oxygen atoms in total. The van der Waals surface area contributed by atoms with Gasteiger partial charge in [0.25, 0.3) is 5.91 Å². The number of nitrogens with one attached hydrogen (secondary N) is 1. The molecule has 1 amide bonds. The van der Waals surface area contributed by atoms with Crippen molar-refractivity contribution in [1.82, 2.24) is 10.2 Å². The van der Waals surface area contributed by atoms with E-state index in [1.165, 1.54) is 32.4 Å². The number of nitrogen functional groups attached to an aromatic ring is 1. The van der Waals surface area contributed by atoms with Gasteiger partial charge in [-0.2, -0.15) is 0 Å². The average molecular weight is 288 g/mol. The van der Waals surface area contributed by atoms with Gasteiger partial charge < -0.3 is 16.0 Å². The molecule has 1 unspecified atom stereocenters. The molecule has 1 aromatic carbocycles. The number of rotatable bonds is 3. The van der Waals surface area contributed by atoms with E-state index < -0.39 is 0 Å². The van der Waals surface area contributed by atoms with Gasteiger partial charge in [-0.05, 0) is 50.6 Å². The Kier molecular flexibility index (Phi) is 4.01. The van der Waals surface area contributed by atoms with Crippen LogP contribution in [0.1, 0.15) is 29.6 Å². The second-order valence-electron chi connectivity index (χ2n) is 5.99. The summed E-state index contributed by atoms with van der Waals surface area (Å²) >= 11 is 0. The number of nitrogens with two attached hydrogens (primary N) is 1. The van der Waals surface area contributed by atoms with Crippen LogP contribution in [-0.2, 0) is 0 Å². The van der Waals surface area contributed by atoms with Crippen molar-refractivity contribution < 1.29 is 4.79 Å². The lowest BCUT2D eigenvalue weighted by molar-refractivity contribution is 0.0963. The summed E-state index contributed by atoms with van der Waals surface area (Å²) < 4.78 is 0. The van der Waals surface area contributed by atoms with Crippen LogP contribution in [-0.4, -0.2) is 50.1 Å². The van der Waals surface area contributed by atoms with E-state index in [2.05, 4.69) is 15.1 Å². The third kappa shape index (κ3) is 2.83. The number of carbonyl (C=O) groups is 1. The molecule has 0 aliphatic carbocycles. The lowest BCUT2D eigenvalue weighted by atomic mass is 10.1. The Balaban J connectivity index is 1.80. The van der Waals surface area contributed by atoms with Crippen LogP contribution in [0.3, 0.4) is 0 Å². The first-order chi connectivity index (χ1) is 10.2. The molecule has 3 N–H and O–H groups in total. The fourth-order valence-corrected chi connectivity index (χ4v) is 3.50. The zero-order valence-electron chi connectivity index (χ0n) is 12.6. The molecule has 0 saturated carbocycles. The third-order valence-corrected chi connectivity index (χ3v) is 4.65. The molecule has 114 valence electrons. The molecule has 1 atom stereocenters. The summed E-state index contributed by atoms with van der Waals surface area (Å²) in [7, 11) is 1.67. The minimum atomic E-state index is -0.0466. The van der Waals surface area contributed by atoms with Gasteiger partial charge in [0.2, 0.25) is 0 Å². The molecule has 2 fully saturated rings. The number of hydrogen-bond donors (Lipinski definition) is 2. The van der Waals surface area contributed by atoms with Gasteiger partial charge in [-0.15, -0.1) is 0 Å². The minimum absolute atomic E-state index is 0.0466. The van der Waals surface area contributed by atoms with E-state index >= 15 is 0 Å². The Bertz CT molecular complexity index is 525. The summed E-state index contributed by atoms with van der Waals surface area (Å²) in [5.74, 6) is -0.0466. The molecule has 2 aliphatic heterocycles. The predicted molar refractivity (Wildman–Crippen MR) is 85.7 cm³/mol. The highest BCUT2D eigenvalue weighted by Gasteiger charge is 2.30. The van der Waals surface area contributed by atoms with Gasteiger partial charge in [-0.3, -0.25) is 9.69 Å². The molecule has 2 saturated heterocycles. The number of nitrogens with zero attached hydrogens (tertiary/aromatic N) is 2. The van der Waals surface area contributed by atoms with Crippen LogP contribution < -0.4 is 16.0 Å². The average Bonchev–Trinajstić information content (AvgIpc) is 3.17. The maximum atomic E-state index is 12.1. The molecule has 0 aromatic heterocycles. The van der Waals surface area contributed by atoms with Crippen molar-refractivity contribution >= 4 is 17.3 Å². The summed E-state index contributed by atoms with van der Waals surface area (Å²) in [6, 6.07) is 6.16. The standard InChI is InChI=1S/C16H24N4O/c1-18-16(21)14-5-4-12(17)10-15(14)20-9-6-13(11-20)19-7-2-3-8-19/h4-5,10,13H,2-3,6-9,11,17H2,1H3,(H,18,21). The van der Waals surface area contributed by atoms with Crippen molar-refractivity contribution in [3.63, 3.8) is 0 Å². The van der Waals surface area contributed by atoms with Crippen LogP contribution in [0.2, 0.25) is 0 Å². The van der Waals surface area contributed by atoms with Crippen LogP contribution in [0, 0.1) is 0 Å². The summed E-state index contributed by atoms with van der Waals surface area (Å²) in [4.78, 5) is 16.9. The SMILES string of the molecule is CNC(=O)c1ccc(N)cc1N1CCC(N2CCCC2)C1. The quantitative estimate of drug-likeness (QED) is 0.823. The minimum Gasteiger partial charge on any atom is -0.399 e. The first-order valence-corrected chi connectivity index (χ1v) is 7.79. The van der Waals surface area contributed by atoms with Gasteiger partial charge in [0.05, 0.1) is 11.3 Å². The lowest BCUT2D eigenvalue weighted by Crippen LogP contribution is -2.35. The monoisotopic (exact) mass is 288 g/mol. The molecule has 0 bridgehead atoms. The Morgan fingerprint density at radius 1 is 1.29 bits per heavy atom. The van der Waals surface area contributed by atoms with Crippen molar-refractivity contribution in [3.8, 4) is 0 Å². The van der Waals surface area contributed by atoms with Crippen LogP contribution >= 0.6 is 0 Å². The van der Waals surface area contributed by atoms with Gasteiger partial charge in [-0.1, -0.05) is 0 Å². The van der Waals surface area contributed by atoms with Crippen molar-refractivity contribution in [2.45, 2.75) is 25.3 Å². The molecule has 0 radical (unpaired) electrons. The maximum absolute atomic E-state index is 12.1. The smallest absolute Gasteiger partial charge is 0.253 e. The number of hydrogen-bond acceptors (Lipinski definition) is 4. The molecule has 1 aromatic rings. The van der Waals surface area contributed by atoms with E-state index in [9.17, 15) is 4.79 Å². The fourth-order valence-electron chi connectivity index (χ4n) is 3.50. The Labute approximate surface area is 126 Å². The molecular formula is C16H24N4O. The second-order valence-corrected chi connectivity index (χ2v) is 5.99. The molecule has 3 rings (SSSR count). The van der Waals surface area contributed by atoms with E-state index in [0.29, 0.717) is 17.3 Å². The predicted octanol–water partition coefficient (Wildman–Crippen LogP) is 1.30. The summed E-state index contributed by atoms with van der Waals surface area (Å²) in [6.45, 7) is 4.43. The lowest BCUT2D eigenvalue weighted by Gasteiger charge is -2.25. The summed E-state index contributed by atoms with van der Waals surface area (Å²) in [5.41, 5.74) is 8.32. The maximum Gasteiger partial charge on any atom is 0.253 e. The van der Waals surface area contributed by atoms with Gasteiger partial charge in [0.15, 0.2) is 0 Å². The number of anilines is 2. The first-order valence-electron chi connectivity index (χ1n) is 7.79. The Morgan fingerprint density at radius 3 is 2.76 bits per heavy atom. The van der Waals surface area contributed by atoms with Crippen molar-refractivity contribution in [3.05, 3.63) is 23.8 Å². The number of benzene rings is 1. The van der Waals surface area contributed by atoms with Gasteiger partial charge in [-0.25, -0.2) is 0 Å². The number of likely N-dealkylation sites (tertiary alicyclic amines) is 1. The molecular weight excluding hydrogens is 264 g/mol. The van der Waals surface area contributed by atoms with E-state index in [1.54, 1.807) is 13.1 Å². The topological polar surface area (TPSA) is 61.6 Å². The summed E-state index contributed by atoms with van der Waals surface area (Å²) in [5, 5.41) is 2.71. The third-order valence-electron chi connectivity index (χ3n) is 4.65. The zero-order chi connectivity index (χ0) is 14.8. The van der Waals surface area contributed by atoms with E-state index in [1.807, 2.05) is 12.1 Å². The summed E-state index contributed by atoms with van der Waals surface area (Å²) in [6.07, 6.45) is 3.80. The van der Waals surface area contributed by atoms with Crippen LogP contribution in [0.4, 0.5) is 11.4 Å². The fraction of sp³-hybridized carbons (Fsp3) is 0.562. The Hall–Kier alpha value is -1.75. The molecule has 2 heterocycles. The highest BCUT2D eigenvalue weighted by atomic mass is 16.1. The van der Waals surface area contributed by atoms with Crippen molar-refractivity contribution in [1.29, 1.82) is 0 Å². The van der Waals surface area contributed by atoms with E-state index in [-0.39, 0.29) is 5.91 Å². The van der Waals surface area contributed by atoms with Gasteiger partial charge in [0.1, 0.15) is 0 Å². The molecule has 0 spiro atoms. The van der Waals surface area contributed by atoms with Crippen LogP contribution in [0.5, 0.6) is 0 Å². The highest BCUT2D eigenvalue weighted by Crippen LogP contribution is 2.29. The number of amides is 1. The first kappa shape index (κ1) is 14.2. The molecule has 5 heteroatoms. The van der Waals surface area contributed by atoms with Crippen molar-refractivity contribution in [2.24, 2.45) is 0 Å². The zero-order valence-corrected chi connectivity index (χ0v) is 12.6. The molecule has 21 heavy (non-hydrogen) atoms. The largest absolute Gasteiger partial charge is 0.399 e. The molecule has 2 aliphatic rings. The van der Waals surface area contributed by atoms with Crippen molar-refractivity contribution in [2.75, 3.05) is 43.9 Å². The van der Waals surface area contributed by atoms with E-state index in [0.717, 1.165) is 18.8 Å². The normalized spacial score (nSPS) is 22.7. The highest BCUT2D eigenvalue weighted by molar-refractivity contribution is 6.00. The second kappa shape index (κ2) is 5.93. The number of carbonyl (C=O) groups excluding carboxylic acids is 1. The van der Waals surface area contributed by atoms with Gasteiger partial charge in [0, 0.05) is 31.9 Å². The van der Waals surface area contributed by atoms with E-state index in [4.69, 9.17) is 5.73 Å². The van der Waals surface area contributed by atoms with Gasteiger partial charge >= 0.3 is 0 Å². The van der Waals surface area contributed by atoms with Crippen LogP contribution in [0.25, 0.3) is 0 Å². The van der Waals surface area contributed by atoms with Crippen LogP contribution in [0.15, 0.2) is 18.2 Å². The Morgan fingerprint density at radius 2 is 2.05 bits per heavy atom.